The number of halogens is 1. The number of nitrogens with zero attached hydrogens (tertiary/aromatic N) is 1. The Morgan fingerprint density at radius 1 is 1.47 bits per heavy atom. The van der Waals surface area contributed by atoms with E-state index in [0.29, 0.717) is 12.2 Å². The Bertz CT molecular complexity index is 458. The molecule has 0 spiro atoms. The number of hydrogen-bond donors (Lipinski definition) is 3. The van der Waals surface area contributed by atoms with Crippen LogP contribution in [0.2, 0.25) is 0 Å². The van der Waals surface area contributed by atoms with Crippen LogP contribution in [0.3, 0.4) is 0 Å². The lowest BCUT2D eigenvalue weighted by Crippen LogP contribution is -2.32. The molecular formula is C14H22FN3O. The van der Waals surface area contributed by atoms with Gasteiger partial charge in [0.15, 0.2) is 0 Å². The molecule has 0 saturated heterocycles. The van der Waals surface area contributed by atoms with Crippen molar-refractivity contribution in [2.24, 2.45) is 16.3 Å². The SMILES string of the molecule is Cc1ccc(NCCCC(C)(C)C(N)=NO)c(F)c1. The van der Waals surface area contributed by atoms with Gasteiger partial charge in [-0.3, -0.25) is 0 Å². The van der Waals surface area contributed by atoms with Crippen molar-refractivity contribution in [3.05, 3.63) is 29.6 Å². The van der Waals surface area contributed by atoms with Gasteiger partial charge < -0.3 is 16.3 Å². The van der Waals surface area contributed by atoms with Crippen LogP contribution in [0, 0.1) is 18.2 Å². The van der Waals surface area contributed by atoms with Crippen LogP contribution in [0.15, 0.2) is 23.4 Å². The van der Waals surface area contributed by atoms with Crippen molar-refractivity contribution in [3.8, 4) is 0 Å². The zero-order chi connectivity index (χ0) is 14.5. The van der Waals surface area contributed by atoms with Crippen molar-refractivity contribution in [1.29, 1.82) is 0 Å². The number of aryl methyl sites for hydroxylation is 1. The maximum atomic E-state index is 13.6. The van der Waals surface area contributed by atoms with Gasteiger partial charge in [0.25, 0.3) is 0 Å². The molecule has 1 aromatic carbocycles. The van der Waals surface area contributed by atoms with Gasteiger partial charge in [-0.25, -0.2) is 4.39 Å². The van der Waals surface area contributed by atoms with Crippen molar-refractivity contribution in [2.45, 2.75) is 33.6 Å². The third-order valence-electron chi connectivity index (χ3n) is 3.22. The summed E-state index contributed by atoms with van der Waals surface area (Å²) in [6.07, 6.45) is 1.56. The van der Waals surface area contributed by atoms with E-state index >= 15 is 0 Å². The highest BCUT2D eigenvalue weighted by Gasteiger charge is 2.22. The molecule has 4 N–H and O–H groups in total. The van der Waals surface area contributed by atoms with E-state index in [9.17, 15) is 4.39 Å². The van der Waals surface area contributed by atoms with Crippen LogP contribution in [0.25, 0.3) is 0 Å². The van der Waals surface area contributed by atoms with E-state index < -0.39 is 0 Å². The molecule has 0 radical (unpaired) electrons. The molecule has 1 rings (SSSR count). The summed E-state index contributed by atoms with van der Waals surface area (Å²) >= 11 is 0. The van der Waals surface area contributed by atoms with E-state index in [1.807, 2.05) is 26.8 Å². The summed E-state index contributed by atoms with van der Waals surface area (Å²) in [5, 5.41) is 14.8. The fourth-order valence-electron chi connectivity index (χ4n) is 1.78. The minimum atomic E-state index is -0.359. The fourth-order valence-corrected chi connectivity index (χ4v) is 1.78. The number of hydrogen-bond acceptors (Lipinski definition) is 3. The highest BCUT2D eigenvalue weighted by atomic mass is 19.1. The van der Waals surface area contributed by atoms with Crippen molar-refractivity contribution >= 4 is 11.5 Å². The highest BCUT2D eigenvalue weighted by Crippen LogP contribution is 2.22. The minimum Gasteiger partial charge on any atom is -0.409 e. The van der Waals surface area contributed by atoms with Gasteiger partial charge in [0.2, 0.25) is 0 Å². The fraction of sp³-hybridized carbons (Fsp3) is 0.500. The quantitative estimate of drug-likeness (QED) is 0.244. The number of rotatable bonds is 6. The summed E-state index contributed by atoms with van der Waals surface area (Å²) in [6.45, 7) is 6.32. The minimum absolute atomic E-state index is 0.217. The van der Waals surface area contributed by atoms with Gasteiger partial charge in [0, 0.05) is 12.0 Å². The lowest BCUT2D eigenvalue weighted by Gasteiger charge is -2.22. The monoisotopic (exact) mass is 267 g/mol. The summed E-state index contributed by atoms with van der Waals surface area (Å²) in [5.41, 5.74) is 6.65. The van der Waals surface area contributed by atoms with Crippen LogP contribution in [-0.2, 0) is 0 Å². The molecule has 5 heteroatoms. The van der Waals surface area contributed by atoms with E-state index in [1.165, 1.54) is 6.07 Å². The lowest BCUT2D eigenvalue weighted by atomic mass is 9.86. The first-order chi connectivity index (χ1) is 8.86. The summed E-state index contributed by atoms with van der Waals surface area (Å²) in [7, 11) is 0. The highest BCUT2D eigenvalue weighted by molar-refractivity contribution is 5.85. The second kappa shape index (κ2) is 6.41. The zero-order valence-corrected chi connectivity index (χ0v) is 11.7. The molecule has 0 aliphatic rings. The third kappa shape index (κ3) is 4.43. The molecule has 0 aromatic heterocycles. The summed E-state index contributed by atoms with van der Waals surface area (Å²) in [5.74, 6) is -0.0234. The van der Waals surface area contributed by atoms with Gasteiger partial charge in [0.1, 0.15) is 11.7 Å². The lowest BCUT2D eigenvalue weighted by molar-refractivity contribution is 0.305. The molecule has 19 heavy (non-hydrogen) atoms. The first kappa shape index (κ1) is 15.3. The van der Waals surface area contributed by atoms with E-state index in [0.717, 1.165) is 18.4 Å². The number of oxime groups is 1. The summed E-state index contributed by atoms with van der Waals surface area (Å²) < 4.78 is 13.6. The Kier molecular flexibility index (Phi) is 5.15. The number of amidine groups is 1. The van der Waals surface area contributed by atoms with Gasteiger partial charge in [-0.2, -0.15) is 0 Å². The Morgan fingerprint density at radius 2 is 2.16 bits per heavy atom. The van der Waals surface area contributed by atoms with Crippen LogP contribution in [0.5, 0.6) is 0 Å². The molecule has 0 bridgehead atoms. The first-order valence-corrected chi connectivity index (χ1v) is 6.35. The Morgan fingerprint density at radius 3 is 2.74 bits per heavy atom. The standard InChI is InChI=1S/C14H22FN3O/c1-10-5-6-12(11(15)9-10)17-8-4-7-14(2,3)13(16)18-19/h5-6,9,17,19H,4,7-8H2,1-3H3,(H2,16,18). The summed E-state index contributed by atoms with van der Waals surface area (Å²) in [6, 6.07) is 5.10. The maximum Gasteiger partial charge on any atom is 0.146 e. The molecule has 0 saturated carbocycles. The maximum absolute atomic E-state index is 13.6. The average molecular weight is 267 g/mol. The zero-order valence-electron chi connectivity index (χ0n) is 11.7. The van der Waals surface area contributed by atoms with E-state index in [4.69, 9.17) is 10.9 Å². The van der Waals surface area contributed by atoms with Crippen LogP contribution in [0.4, 0.5) is 10.1 Å². The predicted molar refractivity (Wildman–Crippen MR) is 76.1 cm³/mol. The number of nitrogens with two attached hydrogens (primary N) is 1. The van der Waals surface area contributed by atoms with Crippen LogP contribution < -0.4 is 11.1 Å². The molecule has 106 valence electrons. The second-order valence-corrected chi connectivity index (χ2v) is 5.38. The average Bonchev–Trinajstić information content (AvgIpc) is 2.35. The Labute approximate surface area is 113 Å². The molecule has 0 amide bonds. The molecular weight excluding hydrogens is 245 g/mol. The Hall–Kier alpha value is -1.78. The Balaban J connectivity index is 2.43. The molecule has 0 aliphatic carbocycles. The van der Waals surface area contributed by atoms with Crippen molar-refractivity contribution in [1.82, 2.24) is 0 Å². The topological polar surface area (TPSA) is 70.6 Å². The molecule has 0 aliphatic heterocycles. The van der Waals surface area contributed by atoms with Gasteiger partial charge >= 0.3 is 0 Å². The molecule has 0 unspecified atom stereocenters. The van der Waals surface area contributed by atoms with Gasteiger partial charge in [-0.05, 0) is 37.5 Å². The van der Waals surface area contributed by atoms with Crippen molar-refractivity contribution in [2.75, 3.05) is 11.9 Å². The van der Waals surface area contributed by atoms with E-state index in [1.54, 1.807) is 6.07 Å². The van der Waals surface area contributed by atoms with Gasteiger partial charge in [-0.15, -0.1) is 0 Å². The summed E-state index contributed by atoms with van der Waals surface area (Å²) in [4.78, 5) is 0. The smallest absolute Gasteiger partial charge is 0.146 e. The number of anilines is 1. The predicted octanol–water partition coefficient (Wildman–Crippen LogP) is 3.10. The van der Waals surface area contributed by atoms with Gasteiger partial charge in [0.05, 0.1) is 5.69 Å². The van der Waals surface area contributed by atoms with Crippen LogP contribution in [0.1, 0.15) is 32.3 Å². The molecule has 0 atom stereocenters. The van der Waals surface area contributed by atoms with E-state index in [2.05, 4.69) is 10.5 Å². The van der Waals surface area contributed by atoms with Crippen LogP contribution >= 0.6 is 0 Å². The van der Waals surface area contributed by atoms with Crippen LogP contribution in [-0.4, -0.2) is 17.6 Å². The normalized spacial score (nSPS) is 12.5. The third-order valence-corrected chi connectivity index (χ3v) is 3.22. The van der Waals surface area contributed by atoms with Crippen molar-refractivity contribution in [3.63, 3.8) is 0 Å². The molecule has 1 aromatic rings. The van der Waals surface area contributed by atoms with E-state index in [-0.39, 0.29) is 17.1 Å². The first-order valence-electron chi connectivity index (χ1n) is 6.35. The number of benzene rings is 1. The molecule has 0 heterocycles. The molecule has 0 fully saturated rings. The van der Waals surface area contributed by atoms with Gasteiger partial charge in [-0.1, -0.05) is 25.1 Å². The second-order valence-electron chi connectivity index (χ2n) is 5.38. The van der Waals surface area contributed by atoms with Crippen molar-refractivity contribution < 1.29 is 9.60 Å². The largest absolute Gasteiger partial charge is 0.409 e. The number of nitrogens with one attached hydrogen (secondary N) is 1. The molecule has 4 nitrogen and oxygen atoms in total.